The Hall–Kier alpha value is -1.67. The van der Waals surface area contributed by atoms with E-state index in [-0.39, 0.29) is 11.9 Å². The fourth-order valence-corrected chi connectivity index (χ4v) is 2.73. The molecule has 0 heterocycles. The summed E-state index contributed by atoms with van der Waals surface area (Å²) < 4.78 is 14.4. The van der Waals surface area contributed by atoms with E-state index in [0.29, 0.717) is 0 Å². The Labute approximate surface area is 120 Å². The van der Waals surface area contributed by atoms with Gasteiger partial charge < -0.3 is 5.32 Å². The van der Waals surface area contributed by atoms with Crippen molar-refractivity contribution in [2.24, 2.45) is 0 Å². The maximum atomic E-state index is 14.4. The topological polar surface area (TPSA) is 12.0 Å². The summed E-state index contributed by atoms with van der Waals surface area (Å²) in [5.74, 6) is -0.130. The van der Waals surface area contributed by atoms with Crippen molar-refractivity contribution in [3.05, 3.63) is 70.0 Å². The molecule has 0 radical (unpaired) electrons. The van der Waals surface area contributed by atoms with Crippen molar-refractivity contribution in [2.75, 3.05) is 6.54 Å². The summed E-state index contributed by atoms with van der Waals surface area (Å²) in [5.41, 5.74) is 5.01. The number of halogens is 1. The van der Waals surface area contributed by atoms with Crippen LogP contribution in [0.25, 0.3) is 0 Å². The predicted molar refractivity (Wildman–Crippen MR) is 82.6 cm³/mol. The number of rotatable bonds is 4. The second-order valence-corrected chi connectivity index (χ2v) is 5.38. The van der Waals surface area contributed by atoms with Crippen LogP contribution in [0, 0.1) is 26.6 Å². The quantitative estimate of drug-likeness (QED) is 0.866. The van der Waals surface area contributed by atoms with Crippen molar-refractivity contribution in [2.45, 2.75) is 33.7 Å². The van der Waals surface area contributed by atoms with Crippen molar-refractivity contribution in [1.29, 1.82) is 0 Å². The van der Waals surface area contributed by atoms with Crippen LogP contribution in [0.4, 0.5) is 4.39 Å². The summed E-state index contributed by atoms with van der Waals surface area (Å²) in [6, 6.07) is 11.8. The van der Waals surface area contributed by atoms with Gasteiger partial charge in [-0.2, -0.15) is 0 Å². The van der Waals surface area contributed by atoms with Gasteiger partial charge in [-0.05, 0) is 50.1 Å². The fraction of sp³-hybridized carbons (Fsp3) is 0.333. The molecular weight excluding hydrogens is 249 g/mol. The number of nitrogens with one attached hydrogen (secondary N) is 1. The van der Waals surface area contributed by atoms with Crippen LogP contribution >= 0.6 is 0 Å². The molecule has 2 rings (SSSR count). The van der Waals surface area contributed by atoms with Crippen molar-refractivity contribution in [3.63, 3.8) is 0 Å². The Morgan fingerprint density at radius 3 is 2.40 bits per heavy atom. The molecule has 0 aliphatic carbocycles. The van der Waals surface area contributed by atoms with Gasteiger partial charge in [-0.15, -0.1) is 0 Å². The first-order chi connectivity index (χ1) is 9.52. The van der Waals surface area contributed by atoms with Crippen LogP contribution in [0.3, 0.4) is 0 Å². The Morgan fingerprint density at radius 2 is 1.80 bits per heavy atom. The summed E-state index contributed by atoms with van der Waals surface area (Å²) in [7, 11) is 0. The molecule has 1 nitrogen and oxygen atoms in total. The molecule has 0 saturated heterocycles. The molecule has 1 atom stereocenters. The maximum Gasteiger partial charge on any atom is 0.128 e. The lowest BCUT2D eigenvalue weighted by Gasteiger charge is -2.22. The van der Waals surface area contributed by atoms with E-state index in [1.807, 2.05) is 32.9 Å². The highest BCUT2D eigenvalue weighted by Gasteiger charge is 2.19. The SMILES string of the molecule is CCNC(c1cccc(C)c1)c1c(C)cc(C)cc1F. The average Bonchev–Trinajstić information content (AvgIpc) is 2.36. The van der Waals surface area contributed by atoms with Crippen LogP contribution in [-0.2, 0) is 0 Å². The van der Waals surface area contributed by atoms with Crippen molar-refractivity contribution in [1.82, 2.24) is 5.32 Å². The van der Waals surface area contributed by atoms with Crippen LogP contribution in [0.1, 0.15) is 40.8 Å². The van der Waals surface area contributed by atoms with Crippen LogP contribution < -0.4 is 5.32 Å². The average molecular weight is 271 g/mol. The van der Waals surface area contributed by atoms with Gasteiger partial charge in [0.25, 0.3) is 0 Å². The zero-order valence-electron chi connectivity index (χ0n) is 12.6. The molecule has 1 unspecified atom stereocenters. The summed E-state index contributed by atoms with van der Waals surface area (Å²) in [4.78, 5) is 0. The zero-order valence-corrected chi connectivity index (χ0v) is 12.6. The van der Waals surface area contributed by atoms with Gasteiger partial charge in [-0.25, -0.2) is 4.39 Å². The third-order valence-corrected chi connectivity index (χ3v) is 3.55. The van der Waals surface area contributed by atoms with Gasteiger partial charge in [0.1, 0.15) is 5.82 Å². The number of hydrogen-bond donors (Lipinski definition) is 1. The second kappa shape index (κ2) is 6.19. The lowest BCUT2D eigenvalue weighted by Crippen LogP contribution is -2.24. The van der Waals surface area contributed by atoms with E-state index >= 15 is 0 Å². The minimum absolute atomic E-state index is 0.0968. The smallest absolute Gasteiger partial charge is 0.128 e. The molecule has 20 heavy (non-hydrogen) atoms. The van der Waals surface area contributed by atoms with E-state index in [2.05, 4.69) is 30.4 Å². The Kier molecular flexibility index (Phi) is 4.56. The molecule has 0 aliphatic heterocycles. The van der Waals surface area contributed by atoms with Gasteiger partial charge in [0, 0.05) is 5.56 Å². The van der Waals surface area contributed by atoms with E-state index in [1.54, 1.807) is 6.07 Å². The van der Waals surface area contributed by atoms with E-state index < -0.39 is 0 Å². The van der Waals surface area contributed by atoms with Crippen molar-refractivity contribution in [3.8, 4) is 0 Å². The van der Waals surface area contributed by atoms with Gasteiger partial charge in [0.05, 0.1) is 6.04 Å². The highest BCUT2D eigenvalue weighted by atomic mass is 19.1. The molecule has 0 spiro atoms. The predicted octanol–water partition coefficient (Wildman–Crippen LogP) is 4.45. The van der Waals surface area contributed by atoms with E-state index in [1.165, 1.54) is 5.56 Å². The van der Waals surface area contributed by atoms with Crippen molar-refractivity contribution < 1.29 is 4.39 Å². The summed E-state index contributed by atoms with van der Waals surface area (Å²) in [5, 5.41) is 3.40. The minimum atomic E-state index is -0.130. The second-order valence-electron chi connectivity index (χ2n) is 5.38. The summed E-state index contributed by atoms with van der Waals surface area (Å²) >= 11 is 0. The molecule has 2 aromatic carbocycles. The van der Waals surface area contributed by atoms with Crippen LogP contribution in [0.2, 0.25) is 0 Å². The Morgan fingerprint density at radius 1 is 1.05 bits per heavy atom. The monoisotopic (exact) mass is 271 g/mol. The molecular formula is C18H22FN. The third kappa shape index (κ3) is 3.07. The Bertz CT molecular complexity index is 581. The molecule has 0 amide bonds. The normalized spacial score (nSPS) is 12.4. The zero-order chi connectivity index (χ0) is 14.7. The van der Waals surface area contributed by atoms with E-state index in [0.717, 1.165) is 28.8 Å². The molecule has 0 saturated carbocycles. The summed E-state index contributed by atoms with van der Waals surface area (Å²) in [6.07, 6.45) is 0. The molecule has 0 bridgehead atoms. The summed E-state index contributed by atoms with van der Waals surface area (Å²) in [6.45, 7) is 8.81. The molecule has 2 heteroatoms. The molecule has 106 valence electrons. The van der Waals surface area contributed by atoms with Crippen molar-refractivity contribution >= 4 is 0 Å². The lowest BCUT2D eigenvalue weighted by atomic mass is 9.92. The maximum absolute atomic E-state index is 14.4. The molecule has 0 fully saturated rings. The third-order valence-electron chi connectivity index (χ3n) is 3.55. The van der Waals surface area contributed by atoms with Gasteiger partial charge in [-0.1, -0.05) is 42.8 Å². The first kappa shape index (κ1) is 14.7. The van der Waals surface area contributed by atoms with Gasteiger partial charge >= 0.3 is 0 Å². The van der Waals surface area contributed by atoms with Gasteiger partial charge in [0.2, 0.25) is 0 Å². The van der Waals surface area contributed by atoms with Gasteiger partial charge in [-0.3, -0.25) is 0 Å². The molecule has 0 aromatic heterocycles. The number of hydrogen-bond acceptors (Lipinski definition) is 1. The first-order valence-electron chi connectivity index (χ1n) is 7.09. The lowest BCUT2D eigenvalue weighted by molar-refractivity contribution is 0.555. The van der Waals surface area contributed by atoms with Crippen LogP contribution in [0.5, 0.6) is 0 Å². The standard InChI is InChI=1S/C18H22FN/c1-5-20-18(15-8-6-7-12(2)10-15)17-14(4)9-13(3)11-16(17)19/h6-11,18,20H,5H2,1-4H3. The van der Waals surface area contributed by atoms with E-state index in [9.17, 15) is 4.39 Å². The van der Waals surface area contributed by atoms with E-state index in [4.69, 9.17) is 0 Å². The highest BCUT2D eigenvalue weighted by molar-refractivity contribution is 5.40. The molecule has 0 aliphatic rings. The Balaban J connectivity index is 2.54. The van der Waals surface area contributed by atoms with Gasteiger partial charge in [0.15, 0.2) is 0 Å². The molecule has 2 aromatic rings. The largest absolute Gasteiger partial charge is 0.306 e. The fourth-order valence-electron chi connectivity index (χ4n) is 2.73. The molecule has 1 N–H and O–H groups in total. The van der Waals surface area contributed by atoms with Crippen LogP contribution in [-0.4, -0.2) is 6.54 Å². The van der Waals surface area contributed by atoms with Crippen LogP contribution in [0.15, 0.2) is 36.4 Å². The number of benzene rings is 2. The highest BCUT2D eigenvalue weighted by Crippen LogP contribution is 2.28. The number of aryl methyl sites for hydroxylation is 3. The minimum Gasteiger partial charge on any atom is -0.306 e. The first-order valence-corrected chi connectivity index (χ1v) is 7.09.